The average molecular weight is 506 g/mol. The van der Waals surface area contributed by atoms with E-state index in [1.165, 1.54) is 6.08 Å². The van der Waals surface area contributed by atoms with E-state index in [1.54, 1.807) is 48.6 Å². The van der Waals surface area contributed by atoms with Crippen molar-refractivity contribution in [1.29, 1.82) is 0 Å². The van der Waals surface area contributed by atoms with E-state index in [-0.39, 0.29) is 37.0 Å². The highest BCUT2D eigenvalue weighted by Gasteiger charge is 2.31. The minimum atomic E-state index is -0.642. The van der Waals surface area contributed by atoms with Crippen LogP contribution in [-0.2, 0) is 16.1 Å². The molecule has 2 amide bonds. The molecule has 2 aromatic heterocycles. The molecule has 37 heavy (non-hydrogen) atoms. The molecule has 0 saturated carbocycles. The van der Waals surface area contributed by atoms with Gasteiger partial charge in [-0.2, -0.15) is 0 Å². The number of hydrogen-bond acceptors (Lipinski definition) is 6. The third kappa shape index (κ3) is 7.03. The van der Waals surface area contributed by atoms with Gasteiger partial charge in [0.2, 0.25) is 5.91 Å². The van der Waals surface area contributed by atoms with Crippen molar-refractivity contribution in [3.05, 3.63) is 83.1 Å². The standard InChI is InChI=1S/C28H35N5O4/c1-7-22(34)32(17-16-30-27(36)37-28(4,5)6)23(19(2)3)25-31-24-21(14-11-15-29-24)26(35)33(25)18-20-12-9-8-10-13-20/h7-15,19,23H,1,16-18H2,2-6H3,(H,30,36)/t23-/m0/s1. The Morgan fingerprint density at radius 1 is 1.16 bits per heavy atom. The number of ether oxygens (including phenoxy) is 1. The molecule has 0 bridgehead atoms. The second-order valence-corrected chi connectivity index (χ2v) is 10.1. The van der Waals surface area contributed by atoms with Gasteiger partial charge in [-0.1, -0.05) is 50.8 Å². The van der Waals surface area contributed by atoms with Crippen molar-refractivity contribution in [2.45, 2.75) is 52.8 Å². The summed E-state index contributed by atoms with van der Waals surface area (Å²) in [5.41, 5.74) is 0.360. The number of pyridine rings is 1. The van der Waals surface area contributed by atoms with E-state index in [1.807, 2.05) is 44.2 Å². The maximum atomic E-state index is 13.7. The van der Waals surface area contributed by atoms with Gasteiger partial charge in [-0.05, 0) is 50.5 Å². The molecule has 0 aliphatic heterocycles. The number of alkyl carbamates (subject to hydrolysis) is 1. The van der Waals surface area contributed by atoms with Crippen molar-refractivity contribution < 1.29 is 14.3 Å². The van der Waals surface area contributed by atoms with Gasteiger partial charge in [0.05, 0.1) is 18.0 Å². The van der Waals surface area contributed by atoms with Gasteiger partial charge in [-0.3, -0.25) is 14.2 Å². The van der Waals surface area contributed by atoms with E-state index in [4.69, 9.17) is 9.72 Å². The van der Waals surface area contributed by atoms with E-state index in [0.29, 0.717) is 16.9 Å². The fraction of sp³-hybridized carbons (Fsp3) is 0.393. The summed E-state index contributed by atoms with van der Waals surface area (Å²) in [4.78, 5) is 49.6. The van der Waals surface area contributed by atoms with Crippen LogP contribution in [0.3, 0.4) is 0 Å². The SMILES string of the molecule is C=CC(=O)N(CCNC(=O)OC(C)(C)C)[C@H](c1nc2ncccc2c(=O)n1Cc1ccccc1)C(C)C. The largest absolute Gasteiger partial charge is 0.444 e. The van der Waals surface area contributed by atoms with Crippen molar-refractivity contribution in [3.63, 3.8) is 0 Å². The van der Waals surface area contributed by atoms with E-state index < -0.39 is 17.7 Å². The van der Waals surface area contributed by atoms with Crippen molar-refractivity contribution in [2.24, 2.45) is 5.92 Å². The number of fused-ring (bicyclic) bond motifs is 1. The summed E-state index contributed by atoms with van der Waals surface area (Å²) < 4.78 is 6.91. The maximum absolute atomic E-state index is 13.7. The van der Waals surface area contributed by atoms with E-state index >= 15 is 0 Å². The van der Waals surface area contributed by atoms with Gasteiger partial charge in [-0.25, -0.2) is 14.8 Å². The second-order valence-electron chi connectivity index (χ2n) is 10.1. The highest BCUT2D eigenvalue weighted by molar-refractivity contribution is 5.87. The fourth-order valence-electron chi connectivity index (χ4n) is 4.11. The normalized spacial score (nSPS) is 12.3. The van der Waals surface area contributed by atoms with E-state index in [2.05, 4.69) is 16.9 Å². The number of nitrogens with one attached hydrogen (secondary N) is 1. The van der Waals surface area contributed by atoms with Crippen LogP contribution in [0.4, 0.5) is 4.79 Å². The first-order chi connectivity index (χ1) is 17.5. The number of aromatic nitrogens is 3. The average Bonchev–Trinajstić information content (AvgIpc) is 2.84. The Morgan fingerprint density at radius 2 is 1.86 bits per heavy atom. The highest BCUT2D eigenvalue weighted by atomic mass is 16.6. The lowest BCUT2D eigenvalue weighted by atomic mass is 10.00. The number of nitrogens with zero attached hydrogens (tertiary/aromatic N) is 4. The van der Waals surface area contributed by atoms with Crippen LogP contribution >= 0.6 is 0 Å². The smallest absolute Gasteiger partial charge is 0.407 e. The Labute approximate surface area is 217 Å². The summed E-state index contributed by atoms with van der Waals surface area (Å²) >= 11 is 0. The Bertz CT molecular complexity index is 1310. The van der Waals surface area contributed by atoms with Crippen molar-refractivity contribution >= 4 is 23.0 Å². The van der Waals surface area contributed by atoms with Crippen LogP contribution in [0.5, 0.6) is 0 Å². The van der Waals surface area contributed by atoms with Crippen LogP contribution in [0.25, 0.3) is 11.0 Å². The molecule has 0 aliphatic rings. The molecule has 9 heteroatoms. The zero-order chi connectivity index (χ0) is 27.2. The van der Waals surface area contributed by atoms with Crippen LogP contribution in [0.1, 0.15) is 52.0 Å². The summed E-state index contributed by atoms with van der Waals surface area (Å²) in [6.07, 6.45) is 2.23. The Kier molecular flexibility index (Phi) is 8.81. The van der Waals surface area contributed by atoms with Crippen molar-refractivity contribution in [3.8, 4) is 0 Å². The first-order valence-electron chi connectivity index (χ1n) is 12.3. The third-order valence-electron chi connectivity index (χ3n) is 5.65. The van der Waals surface area contributed by atoms with E-state index in [9.17, 15) is 14.4 Å². The molecule has 1 atom stereocenters. The Hall–Kier alpha value is -4.01. The number of rotatable bonds is 9. The van der Waals surface area contributed by atoms with Crippen LogP contribution < -0.4 is 10.9 Å². The molecule has 0 aliphatic carbocycles. The Balaban J connectivity index is 2.06. The predicted molar refractivity (Wildman–Crippen MR) is 143 cm³/mol. The summed E-state index contributed by atoms with van der Waals surface area (Å²) in [5.74, 6) is -0.0469. The number of carbonyl (C=O) groups is 2. The van der Waals surface area contributed by atoms with Gasteiger partial charge in [0, 0.05) is 19.3 Å². The van der Waals surface area contributed by atoms with Gasteiger partial charge < -0.3 is 15.0 Å². The first-order valence-corrected chi connectivity index (χ1v) is 12.3. The highest BCUT2D eigenvalue weighted by Crippen LogP contribution is 2.28. The van der Waals surface area contributed by atoms with Gasteiger partial charge in [-0.15, -0.1) is 0 Å². The third-order valence-corrected chi connectivity index (χ3v) is 5.65. The van der Waals surface area contributed by atoms with Crippen LogP contribution in [0, 0.1) is 5.92 Å². The lowest BCUT2D eigenvalue weighted by Crippen LogP contribution is -2.44. The quantitative estimate of drug-likeness (QED) is 0.439. The maximum Gasteiger partial charge on any atom is 0.407 e. The number of amides is 2. The summed E-state index contributed by atoms with van der Waals surface area (Å²) in [6, 6.07) is 12.4. The summed E-state index contributed by atoms with van der Waals surface area (Å²) in [7, 11) is 0. The molecule has 3 rings (SSSR count). The lowest BCUT2D eigenvalue weighted by molar-refractivity contribution is -0.129. The van der Waals surface area contributed by atoms with E-state index in [0.717, 1.165) is 5.56 Å². The van der Waals surface area contributed by atoms with Crippen LogP contribution in [0.2, 0.25) is 0 Å². The van der Waals surface area contributed by atoms with Crippen LogP contribution in [-0.4, -0.2) is 50.1 Å². The molecule has 9 nitrogen and oxygen atoms in total. The predicted octanol–water partition coefficient (Wildman–Crippen LogP) is 4.08. The zero-order valence-corrected chi connectivity index (χ0v) is 22.1. The van der Waals surface area contributed by atoms with Gasteiger partial charge >= 0.3 is 6.09 Å². The topological polar surface area (TPSA) is 106 Å². The molecular weight excluding hydrogens is 470 g/mol. The molecule has 0 saturated heterocycles. The summed E-state index contributed by atoms with van der Waals surface area (Å²) in [5, 5.41) is 3.10. The van der Waals surface area contributed by atoms with Crippen LogP contribution in [0.15, 0.2) is 66.1 Å². The number of hydrogen-bond donors (Lipinski definition) is 1. The molecule has 1 aromatic carbocycles. The minimum Gasteiger partial charge on any atom is -0.444 e. The molecule has 2 heterocycles. The molecule has 1 N–H and O–H groups in total. The number of carbonyl (C=O) groups excluding carboxylic acids is 2. The lowest BCUT2D eigenvalue weighted by Gasteiger charge is -2.35. The van der Waals surface area contributed by atoms with Gasteiger partial charge in [0.1, 0.15) is 11.4 Å². The first kappa shape index (κ1) is 27.6. The summed E-state index contributed by atoms with van der Waals surface area (Å²) in [6.45, 7) is 13.5. The monoisotopic (exact) mass is 505 g/mol. The molecule has 0 radical (unpaired) electrons. The van der Waals surface area contributed by atoms with Gasteiger partial charge in [0.25, 0.3) is 5.56 Å². The molecule has 0 spiro atoms. The molecule has 0 fully saturated rings. The molecular formula is C28H35N5O4. The van der Waals surface area contributed by atoms with Crippen molar-refractivity contribution in [2.75, 3.05) is 13.1 Å². The molecule has 196 valence electrons. The number of benzene rings is 1. The minimum absolute atomic E-state index is 0.125. The van der Waals surface area contributed by atoms with Gasteiger partial charge in [0.15, 0.2) is 5.65 Å². The Morgan fingerprint density at radius 3 is 2.49 bits per heavy atom. The molecule has 3 aromatic rings. The molecule has 0 unspecified atom stereocenters. The van der Waals surface area contributed by atoms with Crippen molar-refractivity contribution in [1.82, 2.24) is 24.8 Å². The zero-order valence-electron chi connectivity index (χ0n) is 22.1. The fourth-order valence-corrected chi connectivity index (χ4v) is 4.11. The second kappa shape index (κ2) is 11.8.